The standard InChI is InChI=1S/C17H28ClN3O3S/c1-5-24-15(22)17(8-10-23-4)7-6-9-21(12-17)11-13-14(18)19-16(25-13)20(2)3/h5-12H2,1-4H3/t17-/m1/s1. The maximum atomic E-state index is 12.6. The van der Waals surface area contributed by atoms with Gasteiger partial charge in [0.1, 0.15) is 5.15 Å². The van der Waals surface area contributed by atoms with Crippen molar-refractivity contribution >= 4 is 34.0 Å². The maximum Gasteiger partial charge on any atom is 0.313 e. The Labute approximate surface area is 159 Å². The second kappa shape index (κ2) is 9.16. The Morgan fingerprint density at radius 3 is 2.84 bits per heavy atom. The van der Waals surface area contributed by atoms with Crippen molar-refractivity contribution in [3.63, 3.8) is 0 Å². The molecule has 8 heteroatoms. The minimum absolute atomic E-state index is 0.110. The SMILES string of the molecule is CCOC(=O)[C@@]1(CCOC)CCCN(Cc2sc(N(C)C)nc2Cl)C1. The Bertz CT molecular complexity index is 581. The Morgan fingerprint density at radius 2 is 2.24 bits per heavy atom. The molecule has 0 unspecified atom stereocenters. The van der Waals surface area contributed by atoms with Crippen LogP contribution in [0.25, 0.3) is 0 Å². The molecule has 6 nitrogen and oxygen atoms in total. The van der Waals surface area contributed by atoms with Crippen LogP contribution in [0.1, 0.15) is 31.1 Å². The lowest BCUT2D eigenvalue weighted by molar-refractivity contribution is -0.160. The number of hydrogen-bond donors (Lipinski definition) is 0. The first-order valence-electron chi connectivity index (χ1n) is 8.63. The Hall–Kier alpha value is -0.890. The second-order valence-corrected chi connectivity index (χ2v) is 8.08. The van der Waals surface area contributed by atoms with Crippen LogP contribution in [0.4, 0.5) is 5.13 Å². The summed E-state index contributed by atoms with van der Waals surface area (Å²) in [6, 6.07) is 0. The van der Waals surface area contributed by atoms with Crippen LogP contribution >= 0.6 is 22.9 Å². The van der Waals surface area contributed by atoms with Gasteiger partial charge in [-0.15, -0.1) is 0 Å². The lowest BCUT2D eigenvalue weighted by Crippen LogP contribution is -2.48. The fraction of sp³-hybridized carbons (Fsp3) is 0.765. The van der Waals surface area contributed by atoms with E-state index in [0.717, 1.165) is 29.4 Å². The van der Waals surface area contributed by atoms with E-state index in [2.05, 4.69) is 9.88 Å². The van der Waals surface area contributed by atoms with Crippen LogP contribution in [-0.2, 0) is 20.8 Å². The number of carbonyl (C=O) groups is 1. The molecule has 1 fully saturated rings. The van der Waals surface area contributed by atoms with Gasteiger partial charge >= 0.3 is 5.97 Å². The van der Waals surface area contributed by atoms with E-state index in [9.17, 15) is 4.79 Å². The third-order valence-corrected chi connectivity index (χ3v) is 6.17. The first-order valence-corrected chi connectivity index (χ1v) is 9.82. The number of thiazole rings is 1. The van der Waals surface area contributed by atoms with Crippen LogP contribution in [0.3, 0.4) is 0 Å². The van der Waals surface area contributed by atoms with Gasteiger partial charge in [0.15, 0.2) is 5.13 Å². The largest absolute Gasteiger partial charge is 0.466 e. The summed E-state index contributed by atoms with van der Waals surface area (Å²) in [6.45, 7) is 5.13. The average molecular weight is 390 g/mol. The minimum Gasteiger partial charge on any atom is -0.466 e. The van der Waals surface area contributed by atoms with Crippen molar-refractivity contribution in [2.24, 2.45) is 5.41 Å². The summed E-state index contributed by atoms with van der Waals surface area (Å²) in [5, 5.41) is 1.45. The summed E-state index contributed by atoms with van der Waals surface area (Å²) in [6.07, 6.45) is 2.47. The number of rotatable bonds is 8. The van der Waals surface area contributed by atoms with Crippen LogP contribution < -0.4 is 4.90 Å². The van der Waals surface area contributed by atoms with E-state index in [-0.39, 0.29) is 5.97 Å². The summed E-state index contributed by atoms with van der Waals surface area (Å²) in [4.78, 5) is 22.3. The van der Waals surface area contributed by atoms with Gasteiger partial charge in [0.05, 0.1) is 16.9 Å². The van der Waals surface area contributed by atoms with Crippen LogP contribution in [0, 0.1) is 5.41 Å². The van der Waals surface area contributed by atoms with Crippen molar-refractivity contribution in [1.29, 1.82) is 0 Å². The molecule has 0 bridgehead atoms. The lowest BCUT2D eigenvalue weighted by atomic mass is 9.77. The zero-order valence-corrected chi connectivity index (χ0v) is 17.1. The van der Waals surface area contributed by atoms with Crippen molar-refractivity contribution in [3.8, 4) is 0 Å². The van der Waals surface area contributed by atoms with Gasteiger partial charge in [-0.05, 0) is 32.7 Å². The number of nitrogens with zero attached hydrogens (tertiary/aromatic N) is 3. The summed E-state index contributed by atoms with van der Waals surface area (Å²) in [7, 11) is 5.58. The van der Waals surface area contributed by atoms with Crippen LogP contribution in [-0.4, -0.2) is 63.4 Å². The van der Waals surface area contributed by atoms with Gasteiger partial charge in [-0.3, -0.25) is 9.69 Å². The zero-order valence-electron chi connectivity index (χ0n) is 15.5. The number of halogens is 1. The average Bonchev–Trinajstić information content (AvgIpc) is 2.94. The van der Waals surface area contributed by atoms with Crippen molar-refractivity contribution in [3.05, 3.63) is 10.0 Å². The molecule has 0 amide bonds. The number of methoxy groups -OCH3 is 1. The van der Waals surface area contributed by atoms with Gasteiger partial charge in [0.2, 0.25) is 0 Å². The summed E-state index contributed by atoms with van der Waals surface area (Å²) in [5.41, 5.74) is -0.494. The summed E-state index contributed by atoms with van der Waals surface area (Å²) >= 11 is 7.91. The fourth-order valence-electron chi connectivity index (χ4n) is 3.23. The van der Waals surface area contributed by atoms with Crippen LogP contribution in [0.15, 0.2) is 0 Å². The first kappa shape index (κ1) is 20.4. The molecule has 1 saturated heterocycles. The highest BCUT2D eigenvalue weighted by molar-refractivity contribution is 7.16. The Kier molecular flexibility index (Phi) is 7.49. The minimum atomic E-state index is -0.494. The van der Waals surface area contributed by atoms with E-state index in [1.807, 2.05) is 25.9 Å². The van der Waals surface area contributed by atoms with Gasteiger partial charge in [-0.2, -0.15) is 0 Å². The van der Waals surface area contributed by atoms with Gasteiger partial charge in [-0.25, -0.2) is 4.98 Å². The van der Waals surface area contributed by atoms with Crippen LogP contribution in [0.2, 0.25) is 5.15 Å². The lowest BCUT2D eigenvalue weighted by Gasteiger charge is -2.40. The van der Waals surface area contributed by atoms with Crippen molar-refractivity contribution in [2.45, 2.75) is 32.7 Å². The molecule has 142 valence electrons. The number of piperidine rings is 1. The monoisotopic (exact) mass is 389 g/mol. The third-order valence-electron chi connectivity index (χ3n) is 4.54. The Morgan fingerprint density at radius 1 is 1.48 bits per heavy atom. The number of carbonyl (C=O) groups excluding carboxylic acids is 1. The van der Waals surface area contributed by atoms with Crippen molar-refractivity contribution in [1.82, 2.24) is 9.88 Å². The molecule has 0 radical (unpaired) electrons. The molecule has 0 N–H and O–H groups in total. The fourth-order valence-corrected chi connectivity index (χ4v) is 4.45. The van der Waals surface area contributed by atoms with E-state index >= 15 is 0 Å². The molecule has 0 aromatic carbocycles. The summed E-state index contributed by atoms with van der Waals surface area (Å²) < 4.78 is 10.6. The topological polar surface area (TPSA) is 54.9 Å². The molecule has 0 spiro atoms. The van der Waals surface area contributed by atoms with Gasteiger partial charge < -0.3 is 14.4 Å². The van der Waals surface area contributed by atoms with Gasteiger partial charge in [0.25, 0.3) is 0 Å². The molecule has 25 heavy (non-hydrogen) atoms. The normalized spacial score (nSPS) is 21.3. The van der Waals surface area contributed by atoms with Gasteiger partial charge in [-0.1, -0.05) is 22.9 Å². The van der Waals surface area contributed by atoms with Gasteiger partial charge in [0, 0.05) is 40.9 Å². The highest BCUT2D eigenvalue weighted by Gasteiger charge is 2.43. The third kappa shape index (κ3) is 5.06. The second-order valence-electron chi connectivity index (χ2n) is 6.66. The molecule has 0 saturated carbocycles. The number of aromatic nitrogens is 1. The number of likely N-dealkylation sites (tertiary alicyclic amines) is 1. The smallest absolute Gasteiger partial charge is 0.313 e. The van der Waals surface area contributed by atoms with E-state index in [1.54, 1.807) is 18.4 Å². The number of hydrogen-bond acceptors (Lipinski definition) is 7. The number of esters is 1. The number of anilines is 1. The predicted molar refractivity (Wildman–Crippen MR) is 102 cm³/mol. The van der Waals surface area contributed by atoms with Crippen LogP contribution in [0.5, 0.6) is 0 Å². The molecule has 1 aliphatic heterocycles. The molecular formula is C17H28ClN3O3S. The summed E-state index contributed by atoms with van der Waals surface area (Å²) in [5.74, 6) is -0.110. The first-order chi connectivity index (χ1) is 11.9. The molecule has 0 aliphatic carbocycles. The zero-order chi connectivity index (χ0) is 18.4. The van der Waals surface area contributed by atoms with E-state index in [1.165, 1.54) is 0 Å². The molecule has 1 aromatic rings. The van der Waals surface area contributed by atoms with E-state index in [4.69, 9.17) is 21.1 Å². The highest BCUT2D eigenvalue weighted by atomic mass is 35.5. The molecule has 1 atom stereocenters. The molecule has 1 aliphatic rings. The quantitative estimate of drug-likeness (QED) is 0.637. The Balaban J connectivity index is 2.12. The molecular weight excluding hydrogens is 362 g/mol. The predicted octanol–water partition coefficient (Wildman–Crippen LogP) is 3.04. The van der Waals surface area contributed by atoms with E-state index < -0.39 is 5.41 Å². The molecule has 2 rings (SSSR count). The van der Waals surface area contributed by atoms with Crippen molar-refractivity contribution in [2.75, 3.05) is 52.4 Å². The number of ether oxygens (including phenoxy) is 2. The maximum absolute atomic E-state index is 12.6. The van der Waals surface area contributed by atoms with Crippen molar-refractivity contribution < 1.29 is 14.3 Å². The highest BCUT2D eigenvalue weighted by Crippen LogP contribution is 2.37. The molecule has 1 aromatic heterocycles. The molecule has 2 heterocycles. The van der Waals surface area contributed by atoms with E-state index in [0.29, 0.717) is 37.9 Å².